The van der Waals surface area contributed by atoms with E-state index in [4.69, 9.17) is 4.74 Å². The number of hydrogen-bond acceptors (Lipinski definition) is 3. The van der Waals surface area contributed by atoms with E-state index in [1.165, 1.54) is 24.3 Å². The van der Waals surface area contributed by atoms with E-state index < -0.39 is 6.36 Å². The quantitative estimate of drug-likeness (QED) is 0.913. The Labute approximate surface area is 106 Å². The molecule has 0 aliphatic carbocycles. The van der Waals surface area contributed by atoms with E-state index >= 15 is 0 Å². The van der Waals surface area contributed by atoms with Gasteiger partial charge in [0.2, 0.25) is 0 Å². The number of aromatic hydroxyl groups is 1. The molecule has 0 heterocycles. The van der Waals surface area contributed by atoms with Crippen LogP contribution in [0.3, 0.4) is 0 Å². The summed E-state index contributed by atoms with van der Waals surface area (Å²) in [6.45, 7) is 0. The van der Waals surface area contributed by atoms with Gasteiger partial charge in [0, 0.05) is 6.07 Å². The minimum Gasteiger partial charge on any atom is -0.508 e. The number of benzene rings is 2. The molecule has 0 spiro atoms. The molecule has 0 aliphatic rings. The molecule has 2 rings (SSSR count). The van der Waals surface area contributed by atoms with Crippen LogP contribution < -0.4 is 9.47 Å². The van der Waals surface area contributed by atoms with Gasteiger partial charge in [-0.3, -0.25) is 0 Å². The Morgan fingerprint density at radius 2 is 1.47 bits per heavy atom. The zero-order chi connectivity index (χ0) is 13.9. The zero-order valence-electron chi connectivity index (χ0n) is 9.52. The van der Waals surface area contributed by atoms with Crippen LogP contribution in [0.15, 0.2) is 48.5 Å². The highest BCUT2D eigenvalue weighted by molar-refractivity contribution is 5.38. The van der Waals surface area contributed by atoms with E-state index in [1.807, 2.05) is 0 Å². The number of alkyl halides is 3. The summed E-state index contributed by atoms with van der Waals surface area (Å²) in [5, 5.41) is 9.24. The molecule has 0 aromatic heterocycles. The summed E-state index contributed by atoms with van der Waals surface area (Å²) in [7, 11) is 0. The van der Waals surface area contributed by atoms with Crippen molar-refractivity contribution in [3.8, 4) is 23.0 Å². The topological polar surface area (TPSA) is 38.7 Å². The summed E-state index contributed by atoms with van der Waals surface area (Å²) in [4.78, 5) is 0. The second-order valence-electron chi connectivity index (χ2n) is 3.62. The highest BCUT2D eigenvalue weighted by Gasteiger charge is 2.30. The van der Waals surface area contributed by atoms with Crippen molar-refractivity contribution in [2.24, 2.45) is 0 Å². The largest absolute Gasteiger partial charge is 0.573 e. The standard InChI is InChI=1S/C13H9F3O3/c14-13(15,16)19-11-6-4-10(5-7-11)18-12-3-1-2-9(17)8-12/h1-8,17H. The maximum Gasteiger partial charge on any atom is 0.573 e. The lowest BCUT2D eigenvalue weighted by Gasteiger charge is -2.10. The van der Waals surface area contributed by atoms with Crippen molar-refractivity contribution in [2.45, 2.75) is 6.36 Å². The van der Waals surface area contributed by atoms with Crippen molar-refractivity contribution in [1.29, 1.82) is 0 Å². The zero-order valence-corrected chi connectivity index (χ0v) is 9.52. The summed E-state index contributed by atoms with van der Waals surface area (Å²) in [5.74, 6) is 0.426. The molecule has 0 atom stereocenters. The molecule has 2 aromatic carbocycles. The summed E-state index contributed by atoms with van der Waals surface area (Å²) in [6, 6.07) is 11.0. The Hall–Kier alpha value is -2.37. The van der Waals surface area contributed by atoms with E-state index in [9.17, 15) is 18.3 Å². The molecule has 100 valence electrons. The fourth-order valence-corrected chi connectivity index (χ4v) is 1.39. The van der Waals surface area contributed by atoms with Crippen molar-refractivity contribution < 1.29 is 27.8 Å². The van der Waals surface area contributed by atoms with Gasteiger partial charge < -0.3 is 14.6 Å². The SMILES string of the molecule is Oc1cccc(Oc2ccc(OC(F)(F)F)cc2)c1. The first-order valence-electron chi connectivity index (χ1n) is 5.25. The molecule has 0 amide bonds. The summed E-state index contributed by atoms with van der Waals surface area (Å²) < 4.78 is 44.9. The molecule has 0 unspecified atom stereocenters. The lowest BCUT2D eigenvalue weighted by Crippen LogP contribution is -2.16. The fraction of sp³-hybridized carbons (Fsp3) is 0.0769. The summed E-state index contributed by atoms with van der Waals surface area (Å²) >= 11 is 0. The van der Waals surface area contributed by atoms with Crippen LogP contribution in [0.1, 0.15) is 0 Å². The van der Waals surface area contributed by atoms with Crippen molar-refractivity contribution in [2.75, 3.05) is 0 Å². The summed E-state index contributed by atoms with van der Waals surface area (Å²) in [6.07, 6.45) is -4.71. The van der Waals surface area contributed by atoms with Gasteiger partial charge in [0.25, 0.3) is 0 Å². The molecule has 0 saturated carbocycles. The van der Waals surface area contributed by atoms with Crippen LogP contribution in [0, 0.1) is 0 Å². The third kappa shape index (κ3) is 4.09. The predicted octanol–water partition coefficient (Wildman–Crippen LogP) is 4.08. The monoisotopic (exact) mass is 270 g/mol. The van der Waals surface area contributed by atoms with Crippen LogP contribution in [0.25, 0.3) is 0 Å². The highest BCUT2D eigenvalue weighted by Crippen LogP contribution is 2.28. The Morgan fingerprint density at radius 1 is 0.842 bits per heavy atom. The summed E-state index contributed by atoms with van der Waals surface area (Å²) in [5.41, 5.74) is 0. The van der Waals surface area contributed by atoms with Gasteiger partial charge in [-0.15, -0.1) is 13.2 Å². The first-order chi connectivity index (χ1) is 8.92. The van der Waals surface area contributed by atoms with Crippen molar-refractivity contribution >= 4 is 0 Å². The highest BCUT2D eigenvalue weighted by atomic mass is 19.4. The molecule has 2 aromatic rings. The lowest BCUT2D eigenvalue weighted by atomic mass is 10.3. The Bertz CT molecular complexity index is 550. The number of halogens is 3. The molecular weight excluding hydrogens is 261 g/mol. The fourth-order valence-electron chi connectivity index (χ4n) is 1.39. The first kappa shape index (κ1) is 13.1. The third-order valence-corrected chi connectivity index (χ3v) is 2.11. The van der Waals surface area contributed by atoms with Crippen LogP contribution >= 0.6 is 0 Å². The number of rotatable bonds is 3. The molecule has 19 heavy (non-hydrogen) atoms. The second-order valence-corrected chi connectivity index (χ2v) is 3.62. The molecule has 3 nitrogen and oxygen atoms in total. The number of hydrogen-bond donors (Lipinski definition) is 1. The van der Waals surface area contributed by atoms with Crippen LogP contribution in [-0.4, -0.2) is 11.5 Å². The lowest BCUT2D eigenvalue weighted by molar-refractivity contribution is -0.274. The molecule has 0 saturated heterocycles. The smallest absolute Gasteiger partial charge is 0.508 e. The van der Waals surface area contributed by atoms with Gasteiger partial charge in [0.05, 0.1) is 0 Å². The maximum absolute atomic E-state index is 12.0. The molecule has 0 aliphatic heterocycles. The maximum atomic E-state index is 12.0. The average Bonchev–Trinajstić information content (AvgIpc) is 2.30. The number of ether oxygens (including phenoxy) is 2. The van der Waals surface area contributed by atoms with Crippen LogP contribution in [0.4, 0.5) is 13.2 Å². The molecule has 0 radical (unpaired) electrons. The van der Waals surface area contributed by atoms with E-state index in [-0.39, 0.29) is 11.5 Å². The average molecular weight is 270 g/mol. The van der Waals surface area contributed by atoms with Crippen molar-refractivity contribution in [3.63, 3.8) is 0 Å². The molecule has 6 heteroatoms. The first-order valence-corrected chi connectivity index (χ1v) is 5.25. The molecular formula is C13H9F3O3. The minimum absolute atomic E-state index is 0.0366. The third-order valence-electron chi connectivity index (χ3n) is 2.11. The minimum atomic E-state index is -4.71. The Balaban J connectivity index is 2.07. The number of phenolic OH excluding ortho intramolecular Hbond substituents is 1. The Morgan fingerprint density at radius 3 is 2.05 bits per heavy atom. The van der Waals surface area contributed by atoms with E-state index in [0.717, 1.165) is 12.1 Å². The van der Waals surface area contributed by atoms with Crippen LogP contribution in [-0.2, 0) is 0 Å². The van der Waals surface area contributed by atoms with Gasteiger partial charge in [0.1, 0.15) is 23.0 Å². The van der Waals surface area contributed by atoms with Gasteiger partial charge in [0.15, 0.2) is 0 Å². The molecule has 0 fully saturated rings. The van der Waals surface area contributed by atoms with Gasteiger partial charge in [-0.1, -0.05) is 6.07 Å². The van der Waals surface area contributed by atoms with Crippen LogP contribution in [0.5, 0.6) is 23.0 Å². The molecule has 1 N–H and O–H groups in total. The van der Waals surface area contributed by atoms with Crippen LogP contribution in [0.2, 0.25) is 0 Å². The second kappa shape index (κ2) is 5.09. The normalized spacial score (nSPS) is 11.1. The van der Waals surface area contributed by atoms with Crippen molar-refractivity contribution in [3.05, 3.63) is 48.5 Å². The van der Waals surface area contributed by atoms with Gasteiger partial charge in [-0.05, 0) is 36.4 Å². The van der Waals surface area contributed by atoms with Crippen molar-refractivity contribution in [1.82, 2.24) is 0 Å². The molecule has 0 bridgehead atoms. The van der Waals surface area contributed by atoms with E-state index in [2.05, 4.69) is 4.74 Å². The van der Waals surface area contributed by atoms with E-state index in [0.29, 0.717) is 11.5 Å². The number of phenols is 1. The van der Waals surface area contributed by atoms with Gasteiger partial charge in [-0.25, -0.2) is 0 Å². The van der Waals surface area contributed by atoms with Gasteiger partial charge >= 0.3 is 6.36 Å². The van der Waals surface area contributed by atoms with E-state index in [1.54, 1.807) is 12.1 Å². The van der Waals surface area contributed by atoms with Gasteiger partial charge in [-0.2, -0.15) is 0 Å². The Kier molecular flexibility index (Phi) is 3.50. The predicted molar refractivity (Wildman–Crippen MR) is 61.3 cm³/mol.